The number of alkyl halides is 1. The summed E-state index contributed by atoms with van der Waals surface area (Å²) in [5, 5.41) is 0. The molecule has 0 spiro atoms. The first kappa shape index (κ1) is 16.0. The van der Waals surface area contributed by atoms with Crippen molar-refractivity contribution < 1.29 is 13.7 Å². The van der Waals surface area contributed by atoms with Gasteiger partial charge < -0.3 is 9.47 Å². The van der Waals surface area contributed by atoms with E-state index in [2.05, 4.69) is 4.40 Å². The number of ether oxygens (including phenoxy) is 2. The fourth-order valence-corrected chi connectivity index (χ4v) is 3.16. The maximum atomic E-state index is 12.3. The lowest BCUT2D eigenvalue weighted by atomic mass is 10.1. The Morgan fingerprint density at radius 1 is 1.22 bits per heavy atom. The monoisotopic (exact) mass is 349 g/mol. The summed E-state index contributed by atoms with van der Waals surface area (Å²) in [5.74, 6) is 1.87. The van der Waals surface area contributed by atoms with E-state index in [0.29, 0.717) is 28.7 Å². The molecule has 2 aromatic carbocycles. The fourth-order valence-electron chi connectivity index (χ4n) is 2.26. The van der Waals surface area contributed by atoms with Crippen LogP contribution in [0.4, 0.5) is 0 Å². The lowest BCUT2D eigenvalue weighted by Gasteiger charge is -2.06. The third-order valence-corrected chi connectivity index (χ3v) is 4.67. The van der Waals surface area contributed by atoms with Crippen molar-refractivity contribution in [2.75, 3.05) is 12.7 Å². The summed E-state index contributed by atoms with van der Waals surface area (Å²) in [6.07, 6.45) is 2.29. The third kappa shape index (κ3) is 3.74. The molecule has 6 heteroatoms. The van der Waals surface area contributed by atoms with E-state index in [1.807, 2.05) is 43.3 Å². The number of hydrogen-bond acceptors (Lipinski definition) is 3. The smallest absolute Gasteiger partial charge is 0.231 e. The largest absolute Gasteiger partial charge is 0.454 e. The molecule has 1 aliphatic rings. The van der Waals surface area contributed by atoms with Crippen LogP contribution in [-0.4, -0.2) is 23.1 Å². The second kappa shape index (κ2) is 7.15. The predicted molar refractivity (Wildman–Crippen MR) is 92.2 cm³/mol. The first-order chi connectivity index (χ1) is 11.2. The zero-order valence-electron chi connectivity index (χ0n) is 12.6. The molecule has 1 unspecified atom stereocenters. The molecule has 1 heterocycles. The van der Waals surface area contributed by atoms with Crippen LogP contribution in [0, 0.1) is 6.92 Å². The van der Waals surface area contributed by atoms with Gasteiger partial charge in [-0.2, -0.15) is 4.40 Å². The van der Waals surface area contributed by atoms with Crippen molar-refractivity contribution in [2.24, 2.45) is 4.40 Å². The van der Waals surface area contributed by atoms with Crippen LogP contribution >= 0.6 is 11.6 Å². The van der Waals surface area contributed by atoms with Crippen LogP contribution in [0.25, 0.3) is 0 Å². The second-order valence-corrected chi connectivity index (χ2v) is 6.70. The summed E-state index contributed by atoms with van der Waals surface area (Å²) in [5.41, 5.74) is 2.96. The van der Waals surface area contributed by atoms with Gasteiger partial charge in [-0.15, -0.1) is 11.6 Å². The lowest BCUT2D eigenvalue weighted by molar-refractivity contribution is 0.174. The fraction of sp³-hybridized carbons (Fsp3) is 0.235. The van der Waals surface area contributed by atoms with E-state index < -0.39 is 11.0 Å². The van der Waals surface area contributed by atoms with E-state index in [1.54, 1.807) is 6.21 Å². The first-order valence-electron chi connectivity index (χ1n) is 7.18. The minimum Gasteiger partial charge on any atom is -0.454 e. The molecule has 0 saturated carbocycles. The van der Waals surface area contributed by atoms with E-state index >= 15 is 0 Å². The second-order valence-electron chi connectivity index (χ2n) is 5.14. The zero-order chi connectivity index (χ0) is 16.2. The number of halogens is 1. The third-order valence-electron chi connectivity index (χ3n) is 3.51. The Bertz CT molecular complexity index is 759. The Balaban J connectivity index is 1.86. The number of fused-ring (bicyclic) bond motifs is 1. The van der Waals surface area contributed by atoms with Crippen LogP contribution in [0.2, 0.25) is 0 Å². The van der Waals surface area contributed by atoms with Gasteiger partial charge >= 0.3 is 0 Å². The molecule has 3 rings (SSSR count). The quantitative estimate of drug-likeness (QED) is 0.611. The van der Waals surface area contributed by atoms with Crippen molar-refractivity contribution in [3.8, 4) is 11.5 Å². The molecule has 0 bridgehead atoms. The highest BCUT2D eigenvalue weighted by molar-refractivity contribution is 7.83. The van der Waals surface area contributed by atoms with Gasteiger partial charge in [0, 0.05) is 17.7 Å². The zero-order valence-corrected chi connectivity index (χ0v) is 14.2. The van der Waals surface area contributed by atoms with Gasteiger partial charge in [0.25, 0.3) is 0 Å². The van der Waals surface area contributed by atoms with Crippen molar-refractivity contribution in [2.45, 2.75) is 18.2 Å². The van der Waals surface area contributed by atoms with Crippen molar-refractivity contribution in [3.05, 3.63) is 53.1 Å². The van der Waals surface area contributed by atoms with Crippen molar-refractivity contribution in [1.29, 1.82) is 0 Å². The van der Waals surface area contributed by atoms with Crippen LogP contribution in [0.15, 0.2) is 45.7 Å². The molecule has 0 aliphatic carbocycles. The van der Waals surface area contributed by atoms with Gasteiger partial charge in [0.15, 0.2) is 22.5 Å². The van der Waals surface area contributed by atoms with Crippen LogP contribution in [-0.2, 0) is 17.4 Å². The molecule has 1 atom stereocenters. The molecule has 4 nitrogen and oxygen atoms in total. The highest BCUT2D eigenvalue weighted by Gasteiger charge is 2.16. The van der Waals surface area contributed by atoms with Crippen molar-refractivity contribution in [3.63, 3.8) is 0 Å². The van der Waals surface area contributed by atoms with E-state index in [-0.39, 0.29) is 6.79 Å². The minimum atomic E-state index is -1.44. The average molecular weight is 350 g/mol. The Morgan fingerprint density at radius 3 is 2.61 bits per heavy atom. The lowest BCUT2D eigenvalue weighted by Crippen LogP contribution is -1.96. The number of nitrogens with zero attached hydrogens (tertiary/aromatic N) is 1. The standard InChI is InChI=1S/C17H16ClNO3S/c1-12-2-4-15(5-3-12)23(20)19-10-14-9-17-16(21-11-22-17)8-13(14)6-7-18/h2-5,8-10H,6-7,11H2,1H3/b19-10+. The van der Waals surface area contributed by atoms with Gasteiger partial charge in [-0.25, -0.2) is 4.21 Å². The molecule has 2 aromatic rings. The van der Waals surface area contributed by atoms with Crippen molar-refractivity contribution >= 4 is 28.8 Å². The molecule has 23 heavy (non-hydrogen) atoms. The van der Waals surface area contributed by atoms with Gasteiger partial charge in [0.05, 0.1) is 4.90 Å². The molecule has 0 radical (unpaired) electrons. The highest BCUT2D eigenvalue weighted by atomic mass is 35.5. The average Bonchev–Trinajstić information content (AvgIpc) is 3.00. The summed E-state index contributed by atoms with van der Waals surface area (Å²) < 4.78 is 27.2. The van der Waals surface area contributed by atoms with Crippen molar-refractivity contribution in [1.82, 2.24) is 0 Å². The van der Waals surface area contributed by atoms with E-state index in [9.17, 15) is 4.21 Å². The maximum Gasteiger partial charge on any atom is 0.231 e. The van der Waals surface area contributed by atoms with E-state index in [4.69, 9.17) is 21.1 Å². The molecule has 0 N–H and O–H groups in total. The summed E-state index contributed by atoms with van der Waals surface area (Å²) >= 11 is 5.86. The summed E-state index contributed by atoms with van der Waals surface area (Å²) in [6, 6.07) is 11.2. The highest BCUT2D eigenvalue weighted by Crippen LogP contribution is 2.34. The van der Waals surface area contributed by atoms with E-state index in [1.165, 1.54) is 0 Å². The summed E-state index contributed by atoms with van der Waals surface area (Å²) in [7, 11) is -1.44. The van der Waals surface area contributed by atoms with Gasteiger partial charge in [-0.3, -0.25) is 0 Å². The Hall–Kier alpha value is -1.85. The van der Waals surface area contributed by atoms with Gasteiger partial charge in [0.1, 0.15) is 0 Å². The normalized spacial score (nSPS) is 14.3. The van der Waals surface area contributed by atoms with Gasteiger partial charge in [-0.05, 0) is 43.2 Å². The molecule has 1 aliphatic heterocycles. The van der Waals surface area contributed by atoms with Crippen LogP contribution in [0.5, 0.6) is 11.5 Å². The Kier molecular flexibility index (Phi) is 4.98. The molecule has 0 aromatic heterocycles. The predicted octanol–water partition coefficient (Wildman–Crippen LogP) is 3.65. The molecule has 0 fully saturated rings. The molecular weight excluding hydrogens is 334 g/mol. The number of benzene rings is 2. The van der Waals surface area contributed by atoms with Gasteiger partial charge in [-0.1, -0.05) is 17.7 Å². The van der Waals surface area contributed by atoms with Crippen LogP contribution in [0.3, 0.4) is 0 Å². The molecule has 0 saturated heterocycles. The number of aryl methyl sites for hydroxylation is 2. The Morgan fingerprint density at radius 2 is 1.91 bits per heavy atom. The molecular formula is C17H16ClNO3S. The minimum absolute atomic E-state index is 0.214. The Labute approximate surface area is 142 Å². The van der Waals surface area contributed by atoms with E-state index in [0.717, 1.165) is 16.7 Å². The van der Waals surface area contributed by atoms with Gasteiger partial charge in [0.2, 0.25) is 6.79 Å². The number of rotatable bonds is 5. The first-order valence-corrected chi connectivity index (χ1v) is 8.82. The summed E-state index contributed by atoms with van der Waals surface area (Å²) in [6.45, 7) is 2.20. The summed E-state index contributed by atoms with van der Waals surface area (Å²) in [4.78, 5) is 0.673. The topological polar surface area (TPSA) is 47.9 Å². The van der Waals surface area contributed by atoms with Crippen LogP contribution < -0.4 is 9.47 Å². The SMILES string of the molecule is Cc1ccc(S(=O)/N=C/c2cc3c(cc2CCCl)OCO3)cc1. The molecule has 120 valence electrons. The molecule has 0 amide bonds. The van der Waals surface area contributed by atoms with Crippen LogP contribution in [0.1, 0.15) is 16.7 Å². The number of hydrogen-bond donors (Lipinski definition) is 0. The maximum absolute atomic E-state index is 12.3.